The number of hydrogen-bond acceptors (Lipinski definition) is 10. The van der Waals surface area contributed by atoms with Gasteiger partial charge in [0.05, 0.1) is 12.2 Å². The fraction of sp³-hybridized carbons (Fsp3) is 0.515. The van der Waals surface area contributed by atoms with E-state index in [9.17, 15) is 15.0 Å². The number of anilines is 1. The minimum atomic E-state index is -0.403. The molecule has 3 fully saturated rings. The summed E-state index contributed by atoms with van der Waals surface area (Å²) in [6, 6.07) is 11.9. The van der Waals surface area contributed by atoms with Crippen molar-refractivity contribution in [3.05, 3.63) is 48.2 Å². The highest BCUT2D eigenvalue weighted by Gasteiger charge is 2.47. The van der Waals surface area contributed by atoms with E-state index >= 15 is 0 Å². The minimum Gasteiger partial charge on any atom is -0.508 e. The van der Waals surface area contributed by atoms with Crippen molar-refractivity contribution >= 4 is 11.6 Å². The van der Waals surface area contributed by atoms with Crippen molar-refractivity contribution in [1.29, 1.82) is 0 Å². The molecule has 3 aromatic rings. The Balaban J connectivity index is 1.05. The SMILES string of the molecule is CC1OC2(CCC(N3CCC(NC(=O)c4cc(-c5c(O)cc(O)cc5Oc5ccc(N(C)C)cc5)on4)CC3)CC2)OC1C. The molecule has 6 rings (SSSR count). The molecule has 11 heteroatoms. The van der Waals surface area contributed by atoms with Crippen molar-refractivity contribution in [2.75, 3.05) is 32.1 Å². The van der Waals surface area contributed by atoms with Crippen LogP contribution in [0.5, 0.6) is 23.0 Å². The van der Waals surface area contributed by atoms with Gasteiger partial charge in [0.15, 0.2) is 17.2 Å². The average Bonchev–Trinajstić information content (AvgIpc) is 3.58. The Labute approximate surface area is 257 Å². The Morgan fingerprint density at radius 1 is 1.00 bits per heavy atom. The number of piperidine rings is 1. The molecular weight excluding hydrogens is 564 g/mol. The number of phenolic OH excluding ortho intramolecular Hbond substituents is 2. The second-order valence-corrected chi connectivity index (χ2v) is 12.5. The second kappa shape index (κ2) is 12.3. The summed E-state index contributed by atoms with van der Waals surface area (Å²) < 4.78 is 23.9. The average molecular weight is 607 g/mol. The van der Waals surface area contributed by atoms with Crippen LogP contribution < -0.4 is 15.0 Å². The van der Waals surface area contributed by atoms with Gasteiger partial charge in [-0.3, -0.25) is 4.79 Å². The van der Waals surface area contributed by atoms with Gasteiger partial charge in [-0.15, -0.1) is 0 Å². The highest BCUT2D eigenvalue weighted by Crippen LogP contribution is 2.44. The van der Waals surface area contributed by atoms with Gasteiger partial charge in [-0.05, 0) is 63.8 Å². The number of ether oxygens (including phenoxy) is 3. The first-order valence-electron chi connectivity index (χ1n) is 15.5. The number of rotatable bonds is 7. The van der Waals surface area contributed by atoms with Crippen LogP contribution in [0, 0.1) is 0 Å². The normalized spacial score (nSPS) is 26.1. The maximum absolute atomic E-state index is 13.1. The zero-order valence-corrected chi connectivity index (χ0v) is 25.8. The van der Waals surface area contributed by atoms with Gasteiger partial charge in [0.1, 0.15) is 28.6 Å². The molecule has 2 aliphatic heterocycles. The van der Waals surface area contributed by atoms with E-state index in [-0.39, 0.29) is 58.4 Å². The van der Waals surface area contributed by atoms with Gasteiger partial charge in [0.2, 0.25) is 0 Å². The lowest BCUT2D eigenvalue weighted by molar-refractivity contribution is -0.198. The van der Waals surface area contributed by atoms with E-state index in [0.717, 1.165) is 57.3 Å². The molecule has 2 atom stereocenters. The van der Waals surface area contributed by atoms with E-state index < -0.39 is 5.79 Å². The first-order chi connectivity index (χ1) is 21.1. The molecule has 0 radical (unpaired) electrons. The van der Waals surface area contributed by atoms with Crippen LogP contribution in [0.2, 0.25) is 0 Å². The van der Waals surface area contributed by atoms with Crippen LogP contribution in [0.25, 0.3) is 11.3 Å². The molecule has 1 aromatic heterocycles. The highest BCUT2D eigenvalue weighted by atomic mass is 16.8. The summed E-state index contributed by atoms with van der Waals surface area (Å²) in [5, 5.41) is 27.9. The smallest absolute Gasteiger partial charge is 0.273 e. The maximum Gasteiger partial charge on any atom is 0.273 e. The quantitative estimate of drug-likeness (QED) is 0.327. The molecule has 2 saturated heterocycles. The molecule has 1 aliphatic carbocycles. The lowest BCUT2D eigenvalue weighted by Gasteiger charge is -2.43. The number of nitrogens with zero attached hydrogens (tertiary/aromatic N) is 3. The monoisotopic (exact) mass is 606 g/mol. The van der Waals surface area contributed by atoms with Crippen molar-refractivity contribution in [1.82, 2.24) is 15.4 Å². The molecule has 1 saturated carbocycles. The van der Waals surface area contributed by atoms with Crippen LogP contribution in [0.1, 0.15) is 62.9 Å². The first kappa shape index (κ1) is 30.2. The molecule has 3 heterocycles. The Kier molecular flexibility index (Phi) is 8.45. The Bertz CT molecular complexity index is 1450. The number of aromatic nitrogens is 1. The fourth-order valence-electron chi connectivity index (χ4n) is 6.56. The van der Waals surface area contributed by atoms with E-state index in [2.05, 4.69) is 29.2 Å². The number of nitrogens with one attached hydrogen (secondary N) is 1. The predicted octanol–water partition coefficient (Wildman–Crippen LogP) is 5.27. The van der Waals surface area contributed by atoms with Crippen LogP contribution >= 0.6 is 0 Å². The van der Waals surface area contributed by atoms with Gasteiger partial charge in [-0.2, -0.15) is 0 Å². The number of carbonyl (C=O) groups excluding carboxylic acids is 1. The summed E-state index contributed by atoms with van der Waals surface area (Å²) in [5.41, 5.74) is 1.29. The number of phenols is 2. The lowest BCUT2D eigenvalue weighted by atomic mass is 9.87. The zero-order chi connectivity index (χ0) is 31.0. The topological polar surface area (TPSA) is 130 Å². The van der Waals surface area contributed by atoms with Crippen LogP contribution in [0.4, 0.5) is 5.69 Å². The molecule has 1 amide bonds. The molecule has 0 bridgehead atoms. The number of benzene rings is 2. The maximum atomic E-state index is 13.1. The molecule has 11 nitrogen and oxygen atoms in total. The van der Waals surface area contributed by atoms with Crippen molar-refractivity contribution in [2.45, 2.75) is 82.5 Å². The summed E-state index contributed by atoms with van der Waals surface area (Å²) in [6.45, 7) is 6.00. The summed E-state index contributed by atoms with van der Waals surface area (Å²) in [5.74, 6) is -0.356. The van der Waals surface area contributed by atoms with Gasteiger partial charge >= 0.3 is 0 Å². The predicted molar refractivity (Wildman–Crippen MR) is 164 cm³/mol. The standard InChI is InChI=1S/C33H42N4O7/c1-20-21(2)43-33(42-20)13-9-24(10-14-33)37-15-11-22(12-16-37)34-32(40)27-19-30(44-35-27)31-28(39)17-25(38)18-29(31)41-26-7-5-23(6-8-26)36(3)4/h5-8,17-22,24,38-39H,9-16H2,1-4H3,(H,34,40). The van der Waals surface area contributed by atoms with E-state index in [0.29, 0.717) is 11.8 Å². The third kappa shape index (κ3) is 6.36. The van der Waals surface area contributed by atoms with Crippen molar-refractivity contribution in [2.24, 2.45) is 0 Å². The summed E-state index contributed by atoms with van der Waals surface area (Å²) >= 11 is 0. The molecule has 1 spiro atoms. The second-order valence-electron chi connectivity index (χ2n) is 12.5. The van der Waals surface area contributed by atoms with E-state index in [1.54, 1.807) is 12.1 Å². The number of likely N-dealkylation sites (tertiary alicyclic amines) is 1. The van der Waals surface area contributed by atoms with Crippen LogP contribution in [-0.2, 0) is 9.47 Å². The Morgan fingerprint density at radius 3 is 2.30 bits per heavy atom. The molecule has 44 heavy (non-hydrogen) atoms. The first-order valence-corrected chi connectivity index (χ1v) is 15.5. The third-order valence-corrected chi connectivity index (χ3v) is 9.20. The van der Waals surface area contributed by atoms with E-state index in [1.165, 1.54) is 18.2 Å². The fourth-order valence-corrected chi connectivity index (χ4v) is 6.56. The van der Waals surface area contributed by atoms with E-state index in [1.807, 2.05) is 31.1 Å². The third-order valence-electron chi connectivity index (χ3n) is 9.20. The van der Waals surface area contributed by atoms with Gasteiger partial charge < -0.3 is 44.1 Å². The number of amides is 1. The molecule has 3 N–H and O–H groups in total. The van der Waals surface area contributed by atoms with Crippen molar-refractivity contribution in [3.63, 3.8) is 0 Å². The van der Waals surface area contributed by atoms with Gasteiger partial charge in [-0.25, -0.2) is 0 Å². The highest BCUT2D eigenvalue weighted by molar-refractivity contribution is 5.93. The molecule has 236 valence electrons. The molecule has 2 aromatic carbocycles. The zero-order valence-electron chi connectivity index (χ0n) is 25.8. The number of hydrogen-bond donors (Lipinski definition) is 3. The van der Waals surface area contributed by atoms with Gasteiger partial charge in [0.25, 0.3) is 5.91 Å². The van der Waals surface area contributed by atoms with Crippen molar-refractivity contribution < 1.29 is 33.7 Å². The summed E-state index contributed by atoms with van der Waals surface area (Å²) in [6.07, 6.45) is 5.92. The minimum absolute atomic E-state index is 0.0307. The lowest BCUT2D eigenvalue weighted by Crippen LogP contribution is -2.50. The van der Waals surface area contributed by atoms with Crippen LogP contribution in [0.15, 0.2) is 47.0 Å². The number of carbonyl (C=O) groups is 1. The molecular formula is C33H42N4O7. The molecule has 2 unspecified atom stereocenters. The van der Waals surface area contributed by atoms with Crippen LogP contribution in [-0.4, -0.2) is 83.4 Å². The van der Waals surface area contributed by atoms with Crippen LogP contribution in [0.3, 0.4) is 0 Å². The Morgan fingerprint density at radius 2 is 1.66 bits per heavy atom. The Hall–Kier alpha value is -3.80. The van der Waals surface area contributed by atoms with Gasteiger partial charge in [0, 0.05) is 76.0 Å². The number of aromatic hydroxyl groups is 2. The largest absolute Gasteiger partial charge is 0.508 e. The van der Waals surface area contributed by atoms with Gasteiger partial charge in [-0.1, -0.05) is 5.16 Å². The van der Waals surface area contributed by atoms with Crippen molar-refractivity contribution in [3.8, 4) is 34.3 Å². The molecule has 3 aliphatic rings. The summed E-state index contributed by atoms with van der Waals surface area (Å²) in [4.78, 5) is 17.6. The summed E-state index contributed by atoms with van der Waals surface area (Å²) in [7, 11) is 3.88. The van der Waals surface area contributed by atoms with E-state index in [4.69, 9.17) is 18.7 Å².